The van der Waals surface area contributed by atoms with Crippen molar-refractivity contribution in [3.8, 4) is 0 Å². The second-order valence-corrected chi connectivity index (χ2v) is 6.20. The molecule has 4 nitrogen and oxygen atoms in total. The maximum atomic E-state index is 13.5. The van der Waals surface area contributed by atoms with Crippen LogP contribution in [-0.4, -0.2) is 13.5 Å². The van der Waals surface area contributed by atoms with Crippen LogP contribution >= 0.6 is 11.6 Å². The average molecular weight is 334 g/mol. The first-order chi connectivity index (χ1) is 9.85. The summed E-state index contributed by atoms with van der Waals surface area (Å²) >= 11 is 5.80. The zero-order valence-corrected chi connectivity index (χ0v) is 12.0. The number of nitrogens with one attached hydrogen (secondary N) is 1. The second-order valence-electron chi connectivity index (χ2n) is 4.11. The van der Waals surface area contributed by atoms with Crippen LogP contribution in [0.4, 0.5) is 14.5 Å². The van der Waals surface area contributed by atoms with E-state index in [1.165, 1.54) is 12.1 Å². The van der Waals surface area contributed by atoms with Crippen molar-refractivity contribution in [2.24, 2.45) is 0 Å². The molecular weight excluding hydrogens is 324 g/mol. The number of hydrogen-bond donors (Lipinski definition) is 2. The van der Waals surface area contributed by atoms with Crippen molar-refractivity contribution in [2.45, 2.75) is 11.5 Å². The summed E-state index contributed by atoms with van der Waals surface area (Å²) in [6, 6.07) is 6.57. The Morgan fingerprint density at radius 2 is 1.76 bits per heavy atom. The summed E-state index contributed by atoms with van der Waals surface area (Å²) < 4.78 is 53.0. The normalized spacial score (nSPS) is 11.4. The molecule has 0 saturated carbocycles. The molecule has 0 atom stereocenters. The standard InChI is InChI=1S/C13H10ClF2NO3S/c14-10-6-9(5-4-8(10)7-18)21(19,20)17-13-11(15)2-1-3-12(13)16/h1-6,17-18H,7H2. The first-order valence-electron chi connectivity index (χ1n) is 5.71. The minimum Gasteiger partial charge on any atom is -0.392 e. The molecule has 0 bridgehead atoms. The van der Waals surface area contributed by atoms with Gasteiger partial charge in [0.25, 0.3) is 10.0 Å². The second kappa shape index (κ2) is 5.97. The first-order valence-corrected chi connectivity index (χ1v) is 7.57. The van der Waals surface area contributed by atoms with Crippen molar-refractivity contribution in [1.82, 2.24) is 0 Å². The molecule has 0 unspecified atom stereocenters. The fraction of sp³-hybridized carbons (Fsp3) is 0.0769. The number of rotatable bonds is 4. The van der Waals surface area contributed by atoms with Gasteiger partial charge >= 0.3 is 0 Å². The largest absolute Gasteiger partial charge is 0.392 e. The smallest absolute Gasteiger partial charge is 0.262 e. The predicted octanol–water partition coefficient (Wildman–Crippen LogP) is 2.91. The third-order valence-corrected chi connectivity index (χ3v) is 4.40. The van der Waals surface area contributed by atoms with Crippen molar-refractivity contribution in [3.05, 3.63) is 58.6 Å². The van der Waals surface area contributed by atoms with Gasteiger partial charge in [0.15, 0.2) is 0 Å². The van der Waals surface area contributed by atoms with E-state index in [-0.39, 0.29) is 16.5 Å². The van der Waals surface area contributed by atoms with E-state index >= 15 is 0 Å². The summed E-state index contributed by atoms with van der Waals surface area (Å²) in [5.74, 6) is -2.06. The molecule has 8 heteroatoms. The molecule has 0 amide bonds. The van der Waals surface area contributed by atoms with Gasteiger partial charge in [0.2, 0.25) is 0 Å². The van der Waals surface area contributed by atoms with E-state index < -0.39 is 27.3 Å². The Labute approximate surface area is 125 Å². The Hall–Kier alpha value is -1.70. The molecule has 2 aromatic carbocycles. The molecule has 0 aliphatic heterocycles. The molecule has 0 aromatic heterocycles. The lowest BCUT2D eigenvalue weighted by atomic mass is 10.2. The molecule has 2 aromatic rings. The van der Waals surface area contributed by atoms with Crippen LogP contribution < -0.4 is 4.72 Å². The molecule has 112 valence electrons. The van der Waals surface area contributed by atoms with Gasteiger partial charge in [-0.05, 0) is 29.8 Å². The third kappa shape index (κ3) is 3.31. The van der Waals surface area contributed by atoms with Crippen LogP contribution in [0.1, 0.15) is 5.56 Å². The van der Waals surface area contributed by atoms with E-state index in [9.17, 15) is 17.2 Å². The van der Waals surface area contributed by atoms with Crippen LogP contribution in [0.25, 0.3) is 0 Å². The summed E-state index contributed by atoms with van der Waals surface area (Å²) in [5.41, 5.74) is -0.424. The highest BCUT2D eigenvalue weighted by molar-refractivity contribution is 7.92. The van der Waals surface area contributed by atoms with Crippen molar-refractivity contribution >= 4 is 27.3 Å². The predicted molar refractivity (Wildman–Crippen MR) is 74.5 cm³/mol. The van der Waals surface area contributed by atoms with E-state index in [0.29, 0.717) is 5.56 Å². The molecular formula is C13H10ClF2NO3S. The number of sulfonamides is 1. The Morgan fingerprint density at radius 3 is 2.29 bits per heavy atom. The molecule has 0 heterocycles. The Kier molecular flexibility index (Phi) is 4.46. The first kappa shape index (κ1) is 15.7. The Balaban J connectivity index is 2.41. The van der Waals surface area contributed by atoms with Gasteiger partial charge in [0, 0.05) is 5.02 Å². The molecule has 21 heavy (non-hydrogen) atoms. The maximum absolute atomic E-state index is 13.5. The van der Waals surface area contributed by atoms with Crippen LogP contribution in [0.5, 0.6) is 0 Å². The van der Waals surface area contributed by atoms with Crippen molar-refractivity contribution in [1.29, 1.82) is 0 Å². The van der Waals surface area contributed by atoms with Gasteiger partial charge in [-0.3, -0.25) is 4.72 Å². The number of anilines is 1. The lowest BCUT2D eigenvalue weighted by Crippen LogP contribution is -2.15. The fourth-order valence-electron chi connectivity index (χ4n) is 1.61. The van der Waals surface area contributed by atoms with E-state index in [2.05, 4.69) is 0 Å². The highest BCUT2D eigenvalue weighted by Gasteiger charge is 2.20. The minimum absolute atomic E-state index is 0.0365. The van der Waals surface area contributed by atoms with Crippen molar-refractivity contribution < 1.29 is 22.3 Å². The highest BCUT2D eigenvalue weighted by Crippen LogP contribution is 2.25. The van der Waals surface area contributed by atoms with Crippen LogP contribution in [0.3, 0.4) is 0 Å². The summed E-state index contributed by atoms with van der Waals surface area (Å²) in [6.07, 6.45) is 0. The molecule has 0 spiro atoms. The van der Waals surface area contributed by atoms with Crippen LogP contribution in [-0.2, 0) is 16.6 Å². The number of para-hydroxylation sites is 1. The van der Waals surface area contributed by atoms with Crippen LogP contribution in [0, 0.1) is 11.6 Å². The zero-order valence-electron chi connectivity index (χ0n) is 10.5. The molecule has 0 fully saturated rings. The van der Waals surface area contributed by atoms with Crippen molar-refractivity contribution in [2.75, 3.05) is 4.72 Å². The van der Waals surface area contributed by atoms with Crippen molar-refractivity contribution in [3.63, 3.8) is 0 Å². The Morgan fingerprint density at radius 1 is 1.14 bits per heavy atom. The molecule has 2 rings (SSSR count). The van der Waals surface area contributed by atoms with Crippen LogP contribution in [0.15, 0.2) is 41.3 Å². The zero-order chi connectivity index (χ0) is 15.6. The van der Waals surface area contributed by atoms with Gasteiger partial charge in [-0.15, -0.1) is 0 Å². The summed E-state index contributed by atoms with van der Waals surface area (Å²) in [5, 5.41) is 9.01. The summed E-state index contributed by atoms with van der Waals surface area (Å²) in [6.45, 7) is -0.353. The molecule has 2 N–H and O–H groups in total. The van der Waals surface area contributed by atoms with Gasteiger partial charge in [0.1, 0.15) is 17.3 Å². The highest BCUT2D eigenvalue weighted by atomic mass is 35.5. The van der Waals surface area contributed by atoms with Gasteiger partial charge in [-0.1, -0.05) is 23.7 Å². The average Bonchev–Trinajstić information content (AvgIpc) is 2.43. The number of aliphatic hydroxyl groups excluding tert-OH is 1. The summed E-state index contributed by atoms with van der Waals surface area (Å²) in [7, 11) is -4.20. The SMILES string of the molecule is O=S(=O)(Nc1c(F)cccc1F)c1ccc(CO)c(Cl)c1. The summed E-state index contributed by atoms with van der Waals surface area (Å²) in [4.78, 5) is -0.271. The lowest BCUT2D eigenvalue weighted by Gasteiger charge is -2.11. The number of halogens is 3. The number of aliphatic hydroxyl groups is 1. The van der Waals surface area contributed by atoms with Gasteiger partial charge in [0.05, 0.1) is 11.5 Å². The molecule has 0 radical (unpaired) electrons. The van der Waals surface area contributed by atoms with E-state index in [1.807, 2.05) is 4.72 Å². The minimum atomic E-state index is -4.20. The van der Waals surface area contributed by atoms with E-state index in [1.54, 1.807) is 0 Å². The third-order valence-electron chi connectivity index (χ3n) is 2.70. The van der Waals surface area contributed by atoms with E-state index in [4.69, 9.17) is 16.7 Å². The van der Waals surface area contributed by atoms with E-state index in [0.717, 1.165) is 24.3 Å². The quantitative estimate of drug-likeness (QED) is 0.904. The topological polar surface area (TPSA) is 66.4 Å². The van der Waals surface area contributed by atoms with Crippen LogP contribution in [0.2, 0.25) is 5.02 Å². The molecule has 0 saturated heterocycles. The maximum Gasteiger partial charge on any atom is 0.262 e. The molecule has 0 aliphatic carbocycles. The van der Waals surface area contributed by atoms with Gasteiger partial charge in [-0.25, -0.2) is 17.2 Å². The molecule has 0 aliphatic rings. The number of hydrogen-bond acceptors (Lipinski definition) is 3. The monoisotopic (exact) mass is 333 g/mol. The number of benzene rings is 2. The fourth-order valence-corrected chi connectivity index (χ4v) is 3.02. The van der Waals surface area contributed by atoms with Gasteiger partial charge < -0.3 is 5.11 Å². The van der Waals surface area contributed by atoms with Gasteiger partial charge in [-0.2, -0.15) is 0 Å². The lowest BCUT2D eigenvalue weighted by molar-refractivity contribution is 0.282. The Bertz CT molecular complexity index is 761.